The molecular weight excluding hydrogens is 686 g/mol. The smallest absolute Gasteiger partial charge is 0.149 e. The first kappa shape index (κ1) is 37.8. The minimum Gasteiger partial charge on any atom is -0.352 e. The molecule has 0 amide bonds. The first-order valence-electron chi connectivity index (χ1n) is 15.5. The second kappa shape index (κ2) is 33.0. The van der Waals surface area contributed by atoms with E-state index in [4.69, 9.17) is 14.2 Å². The Morgan fingerprint density at radius 1 is 0.486 bits per heavy atom. The van der Waals surface area contributed by atoms with Crippen molar-refractivity contribution < 1.29 is 14.2 Å². The molecular formula is C32H60I2O3. The zero-order valence-electron chi connectivity index (χ0n) is 24.4. The fourth-order valence-corrected chi connectivity index (χ4v) is 5.13. The van der Waals surface area contributed by atoms with Crippen LogP contribution in [-0.4, -0.2) is 34.6 Å². The summed E-state index contributed by atoms with van der Waals surface area (Å²) in [6, 6.07) is 0. The van der Waals surface area contributed by atoms with Gasteiger partial charge in [-0.3, -0.25) is 0 Å². The van der Waals surface area contributed by atoms with Crippen LogP contribution < -0.4 is 0 Å². The highest BCUT2D eigenvalue weighted by Gasteiger charge is 2.11. The summed E-state index contributed by atoms with van der Waals surface area (Å²) in [6.07, 6.45) is 34.8. The van der Waals surface area contributed by atoms with E-state index in [2.05, 4.69) is 83.3 Å². The summed E-state index contributed by atoms with van der Waals surface area (Å²) in [4.78, 5) is 0. The largest absolute Gasteiger partial charge is 0.352 e. The van der Waals surface area contributed by atoms with Crippen LogP contribution in [0.5, 0.6) is 0 Å². The molecule has 0 aliphatic heterocycles. The molecule has 0 spiro atoms. The first-order chi connectivity index (χ1) is 18.3. The van der Waals surface area contributed by atoms with Crippen molar-refractivity contribution in [2.75, 3.05) is 22.4 Å². The molecule has 0 saturated heterocycles. The lowest BCUT2D eigenvalue weighted by molar-refractivity contribution is -0.167. The van der Waals surface area contributed by atoms with E-state index in [1.54, 1.807) is 0 Å². The van der Waals surface area contributed by atoms with E-state index in [0.717, 1.165) is 51.4 Å². The molecule has 2 unspecified atom stereocenters. The number of rotatable bonds is 30. The number of hydrogen-bond donors (Lipinski definition) is 0. The predicted octanol–water partition coefficient (Wildman–Crippen LogP) is 11.5. The lowest BCUT2D eigenvalue weighted by atomic mass is 10.0. The average molecular weight is 747 g/mol. The van der Waals surface area contributed by atoms with Crippen molar-refractivity contribution in [1.29, 1.82) is 0 Å². The molecule has 0 rings (SSSR count). The van der Waals surface area contributed by atoms with Gasteiger partial charge in [0.05, 0.1) is 12.2 Å². The van der Waals surface area contributed by atoms with Gasteiger partial charge in [0, 0.05) is 8.86 Å². The van der Waals surface area contributed by atoms with Gasteiger partial charge in [0.25, 0.3) is 0 Å². The Bertz CT molecular complexity index is 443. The number of allylic oxidation sites excluding steroid dienone is 4. The van der Waals surface area contributed by atoms with E-state index in [0.29, 0.717) is 13.6 Å². The van der Waals surface area contributed by atoms with Crippen LogP contribution in [0.2, 0.25) is 0 Å². The Labute approximate surface area is 259 Å². The summed E-state index contributed by atoms with van der Waals surface area (Å²) in [5.41, 5.74) is 0. The van der Waals surface area contributed by atoms with Gasteiger partial charge in [-0.1, -0.05) is 160 Å². The third-order valence-electron chi connectivity index (χ3n) is 6.73. The van der Waals surface area contributed by atoms with Crippen LogP contribution in [-0.2, 0) is 14.2 Å². The number of halogens is 2. The Morgan fingerprint density at radius 3 is 1.27 bits per heavy atom. The highest BCUT2D eigenvalue weighted by atomic mass is 127. The number of hydrogen-bond acceptors (Lipinski definition) is 3. The van der Waals surface area contributed by atoms with Gasteiger partial charge >= 0.3 is 0 Å². The molecule has 0 heterocycles. The Hall–Kier alpha value is 0.820. The zero-order chi connectivity index (χ0) is 27.1. The molecule has 0 aromatic rings. The fraction of sp³-hybridized carbons (Fsp3) is 0.875. The van der Waals surface area contributed by atoms with E-state index in [1.807, 2.05) is 0 Å². The van der Waals surface area contributed by atoms with Crippen LogP contribution in [0.3, 0.4) is 0 Å². The fourth-order valence-electron chi connectivity index (χ4n) is 4.41. The molecule has 37 heavy (non-hydrogen) atoms. The minimum atomic E-state index is 0.289. The normalized spacial score (nSPS) is 13.7. The van der Waals surface area contributed by atoms with Gasteiger partial charge < -0.3 is 14.2 Å². The highest BCUT2D eigenvalue weighted by Crippen LogP contribution is 2.17. The molecule has 0 bridgehead atoms. The molecule has 2 atom stereocenters. The molecule has 0 saturated carbocycles. The van der Waals surface area contributed by atoms with Crippen LogP contribution in [0.15, 0.2) is 24.3 Å². The Balaban J connectivity index is 4.33. The standard InChI is InChI=1S/C32H60I2O3/c1-3-5-7-9-11-17-23-31(25-19-13-15-21-27-33)36-29-35-30-37-32(26-20-14-16-22-28-34)24-18-12-10-8-6-4-2/h13-16,31-32H,3-12,17-30H2,1-2H3/b15-13-,16-14-. The predicted molar refractivity (Wildman–Crippen MR) is 180 cm³/mol. The van der Waals surface area contributed by atoms with Gasteiger partial charge in [-0.15, -0.1) is 0 Å². The molecule has 0 aromatic heterocycles. The molecule has 0 aromatic carbocycles. The van der Waals surface area contributed by atoms with Crippen molar-refractivity contribution in [3.05, 3.63) is 24.3 Å². The van der Waals surface area contributed by atoms with Crippen molar-refractivity contribution in [3.63, 3.8) is 0 Å². The van der Waals surface area contributed by atoms with Gasteiger partial charge in [-0.25, -0.2) is 0 Å². The van der Waals surface area contributed by atoms with Crippen molar-refractivity contribution in [2.45, 2.75) is 154 Å². The summed E-state index contributed by atoms with van der Waals surface area (Å²) in [5.74, 6) is 0. The third-order valence-corrected chi connectivity index (χ3v) is 7.97. The topological polar surface area (TPSA) is 27.7 Å². The Morgan fingerprint density at radius 2 is 0.865 bits per heavy atom. The SMILES string of the molecule is CCCCCCCCC(CC/C=C\CCI)OCOCOC(CC/C=C\CCI)CCCCCCCC. The van der Waals surface area contributed by atoms with Crippen LogP contribution >= 0.6 is 45.2 Å². The van der Waals surface area contributed by atoms with E-state index in [-0.39, 0.29) is 12.2 Å². The maximum Gasteiger partial charge on any atom is 0.149 e. The van der Waals surface area contributed by atoms with Crippen molar-refractivity contribution in [1.82, 2.24) is 0 Å². The average Bonchev–Trinajstić information content (AvgIpc) is 2.91. The zero-order valence-corrected chi connectivity index (χ0v) is 28.7. The minimum absolute atomic E-state index is 0.289. The molecule has 0 radical (unpaired) electrons. The van der Waals surface area contributed by atoms with Gasteiger partial charge in [0.15, 0.2) is 0 Å². The number of alkyl halides is 2. The quantitative estimate of drug-likeness (QED) is 0.0241. The summed E-state index contributed by atoms with van der Waals surface area (Å²) in [6.45, 7) is 5.25. The van der Waals surface area contributed by atoms with Gasteiger partial charge in [-0.05, 0) is 51.4 Å². The highest BCUT2D eigenvalue weighted by molar-refractivity contribution is 14.1. The molecule has 220 valence electrons. The van der Waals surface area contributed by atoms with E-state index in [1.165, 1.54) is 85.9 Å². The second-order valence-electron chi connectivity index (χ2n) is 10.2. The maximum absolute atomic E-state index is 6.17. The lowest BCUT2D eigenvalue weighted by Crippen LogP contribution is -2.19. The maximum atomic E-state index is 6.17. The van der Waals surface area contributed by atoms with Gasteiger partial charge in [-0.2, -0.15) is 0 Å². The van der Waals surface area contributed by atoms with Crippen LogP contribution in [0.1, 0.15) is 142 Å². The van der Waals surface area contributed by atoms with Crippen LogP contribution in [0.4, 0.5) is 0 Å². The van der Waals surface area contributed by atoms with E-state index >= 15 is 0 Å². The van der Waals surface area contributed by atoms with Crippen LogP contribution in [0.25, 0.3) is 0 Å². The summed E-state index contributed by atoms with van der Waals surface area (Å²) in [7, 11) is 0. The Kier molecular flexibility index (Phi) is 33.8. The van der Waals surface area contributed by atoms with E-state index in [9.17, 15) is 0 Å². The number of ether oxygens (including phenoxy) is 3. The molecule has 0 aliphatic rings. The van der Waals surface area contributed by atoms with Crippen molar-refractivity contribution in [3.8, 4) is 0 Å². The number of unbranched alkanes of at least 4 members (excludes halogenated alkanes) is 10. The van der Waals surface area contributed by atoms with Gasteiger partial charge in [0.1, 0.15) is 13.6 Å². The monoisotopic (exact) mass is 746 g/mol. The second-order valence-corrected chi connectivity index (χ2v) is 12.3. The molecule has 0 N–H and O–H groups in total. The van der Waals surface area contributed by atoms with Crippen molar-refractivity contribution >= 4 is 45.2 Å². The summed E-state index contributed by atoms with van der Waals surface area (Å²) < 4.78 is 20.5. The molecule has 5 heteroatoms. The lowest BCUT2D eigenvalue weighted by Gasteiger charge is -2.20. The molecule has 0 fully saturated rings. The summed E-state index contributed by atoms with van der Waals surface area (Å²) in [5, 5.41) is 0. The van der Waals surface area contributed by atoms with Crippen LogP contribution in [0, 0.1) is 0 Å². The third kappa shape index (κ3) is 29.6. The molecule has 0 aliphatic carbocycles. The van der Waals surface area contributed by atoms with E-state index < -0.39 is 0 Å². The summed E-state index contributed by atoms with van der Waals surface area (Å²) >= 11 is 4.87. The van der Waals surface area contributed by atoms with Gasteiger partial charge in [0.2, 0.25) is 0 Å². The first-order valence-corrected chi connectivity index (χ1v) is 18.6. The van der Waals surface area contributed by atoms with Crippen molar-refractivity contribution in [2.24, 2.45) is 0 Å². The molecule has 3 nitrogen and oxygen atoms in total.